The number of anilines is 2. The molecule has 0 radical (unpaired) electrons. The van der Waals surface area contributed by atoms with Crippen LogP contribution in [0.15, 0.2) is 49.1 Å². The van der Waals surface area contributed by atoms with Crippen molar-refractivity contribution in [3.63, 3.8) is 0 Å². The minimum atomic E-state index is -0.569. The lowest BCUT2D eigenvalue weighted by atomic mass is 10.1. The number of hydrogen-bond donors (Lipinski definition) is 0. The SMILES string of the molecule is C=CCOC(=O)N1C[C@H](C)N(c2ccc(OC)cc2)C(=O)c2cc(OC)c(OCCCCCBr)cc21. The summed E-state index contributed by atoms with van der Waals surface area (Å²) in [5.41, 5.74) is 1.41. The third kappa shape index (κ3) is 6.32. The van der Waals surface area contributed by atoms with Crippen molar-refractivity contribution in [3.05, 3.63) is 54.6 Å². The van der Waals surface area contributed by atoms with E-state index in [-0.39, 0.29) is 25.1 Å². The topological polar surface area (TPSA) is 77.5 Å². The summed E-state index contributed by atoms with van der Waals surface area (Å²) < 4.78 is 22.2. The Kier molecular flexibility index (Phi) is 10.0. The fraction of sp³-hybridized carbons (Fsp3) is 0.407. The van der Waals surface area contributed by atoms with Crippen molar-refractivity contribution >= 4 is 39.3 Å². The first-order valence-electron chi connectivity index (χ1n) is 11.9. The number of carbonyl (C=O) groups excluding carboxylic acids is 2. The number of alkyl halides is 1. The molecule has 0 aromatic heterocycles. The number of benzene rings is 2. The lowest BCUT2D eigenvalue weighted by molar-refractivity contribution is 0.0981. The molecule has 0 N–H and O–H groups in total. The highest BCUT2D eigenvalue weighted by Gasteiger charge is 2.36. The van der Waals surface area contributed by atoms with Gasteiger partial charge in [0.25, 0.3) is 5.91 Å². The van der Waals surface area contributed by atoms with Gasteiger partial charge in [0.2, 0.25) is 0 Å². The molecule has 2 aromatic carbocycles. The smallest absolute Gasteiger partial charge is 0.414 e. The second-order valence-electron chi connectivity index (χ2n) is 8.32. The van der Waals surface area contributed by atoms with Crippen molar-refractivity contribution in [3.8, 4) is 17.2 Å². The lowest BCUT2D eigenvalue weighted by Gasteiger charge is -2.29. The maximum atomic E-state index is 13.9. The van der Waals surface area contributed by atoms with Gasteiger partial charge < -0.3 is 23.8 Å². The Hall–Kier alpha value is -3.20. The van der Waals surface area contributed by atoms with Gasteiger partial charge in [-0.05, 0) is 56.5 Å². The van der Waals surface area contributed by atoms with Crippen LogP contribution >= 0.6 is 15.9 Å². The molecule has 2 amide bonds. The van der Waals surface area contributed by atoms with Crippen molar-refractivity contribution in [2.24, 2.45) is 0 Å². The summed E-state index contributed by atoms with van der Waals surface area (Å²) in [6.45, 7) is 6.28. The van der Waals surface area contributed by atoms with Crippen LogP contribution in [0.4, 0.5) is 16.2 Å². The molecular formula is C27H33BrN2O6. The van der Waals surface area contributed by atoms with E-state index in [1.54, 1.807) is 36.3 Å². The number of amides is 2. The van der Waals surface area contributed by atoms with Crippen LogP contribution in [0, 0.1) is 0 Å². The van der Waals surface area contributed by atoms with E-state index in [1.807, 2.05) is 19.1 Å². The highest BCUT2D eigenvalue weighted by atomic mass is 79.9. The van der Waals surface area contributed by atoms with Crippen LogP contribution in [0.5, 0.6) is 17.2 Å². The number of rotatable bonds is 11. The molecule has 0 bridgehead atoms. The van der Waals surface area contributed by atoms with E-state index in [2.05, 4.69) is 22.5 Å². The molecule has 1 aliphatic heterocycles. The third-order valence-electron chi connectivity index (χ3n) is 5.84. The molecule has 0 saturated heterocycles. The van der Waals surface area contributed by atoms with Crippen molar-refractivity contribution in [2.75, 3.05) is 49.1 Å². The Morgan fingerprint density at radius 1 is 1.11 bits per heavy atom. The second kappa shape index (κ2) is 13.2. The standard InChI is InChI=1S/C27H33BrN2O6/c1-5-14-36-27(32)29-18-19(2)30(20-9-11-21(33-3)12-10-20)26(31)22-16-24(34-4)25(17-23(22)29)35-15-8-6-7-13-28/h5,9-12,16-17,19H,1,6-8,13-15,18H2,2-4H3/t19-/m0/s1. The first kappa shape index (κ1) is 27.4. The maximum absolute atomic E-state index is 13.9. The molecule has 0 unspecified atom stereocenters. The molecule has 0 saturated carbocycles. The van der Waals surface area contributed by atoms with Crippen LogP contribution in [0.2, 0.25) is 0 Å². The summed E-state index contributed by atoms with van der Waals surface area (Å²) in [5, 5.41) is 0.946. The fourth-order valence-electron chi connectivity index (χ4n) is 4.04. The molecule has 9 heteroatoms. The molecule has 1 aliphatic rings. The van der Waals surface area contributed by atoms with E-state index in [0.29, 0.717) is 40.8 Å². The zero-order valence-electron chi connectivity index (χ0n) is 21.0. The average molecular weight is 561 g/mol. The third-order valence-corrected chi connectivity index (χ3v) is 6.40. The number of carbonyl (C=O) groups is 2. The lowest BCUT2D eigenvalue weighted by Crippen LogP contribution is -2.44. The van der Waals surface area contributed by atoms with Gasteiger partial charge in [-0.15, -0.1) is 0 Å². The molecule has 2 aromatic rings. The monoisotopic (exact) mass is 560 g/mol. The van der Waals surface area contributed by atoms with Gasteiger partial charge in [0.05, 0.1) is 38.1 Å². The molecule has 194 valence electrons. The van der Waals surface area contributed by atoms with Crippen LogP contribution in [-0.2, 0) is 4.74 Å². The predicted octanol–water partition coefficient (Wildman–Crippen LogP) is 5.83. The molecule has 8 nitrogen and oxygen atoms in total. The van der Waals surface area contributed by atoms with E-state index >= 15 is 0 Å². The quantitative estimate of drug-likeness (QED) is 0.195. The van der Waals surface area contributed by atoms with Gasteiger partial charge >= 0.3 is 6.09 Å². The van der Waals surface area contributed by atoms with E-state index in [1.165, 1.54) is 18.1 Å². The van der Waals surface area contributed by atoms with Crippen molar-refractivity contribution in [1.82, 2.24) is 0 Å². The Balaban J connectivity index is 2.04. The molecule has 1 heterocycles. The van der Waals surface area contributed by atoms with Gasteiger partial charge in [-0.1, -0.05) is 28.6 Å². The molecular weight excluding hydrogens is 528 g/mol. The normalized spacial score (nSPS) is 15.1. The van der Waals surface area contributed by atoms with Gasteiger partial charge in [0, 0.05) is 23.6 Å². The highest BCUT2D eigenvalue weighted by Crippen LogP contribution is 2.39. The highest BCUT2D eigenvalue weighted by molar-refractivity contribution is 9.09. The number of unbranched alkanes of at least 4 members (excludes halogenated alkanes) is 2. The Morgan fingerprint density at radius 2 is 1.86 bits per heavy atom. The van der Waals surface area contributed by atoms with Gasteiger partial charge in [-0.2, -0.15) is 0 Å². The van der Waals surface area contributed by atoms with Gasteiger partial charge in [-0.3, -0.25) is 9.69 Å². The number of methoxy groups -OCH3 is 2. The predicted molar refractivity (Wildman–Crippen MR) is 144 cm³/mol. The summed E-state index contributed by atoms with van der Waals surface area (Å²) in [4.78, 5) is 30.1. The minimum Gasteiger partial charge on any atom is -0.497 e. The van der Waals surface area contributed by atoms with E-state index < -0.39 is 6.09 Å². The van der Waals surface area contributed by atoms with E-state index in [0.717, 1.165) is 24.6 Å². The summed E-state index contributed by atoms with van der Waals surface area (Å²) in [6, 6.07) is 10.2. The van der Waals surface area contributed by atoms with Gasteiger partial charge in [0.1, 0.15) is 12.4 Å². The second-order valence-corrected chi connectivity index (χ2v) is 9.11. The summed E-state index contributed by atoms with van der Waals surface area (Å²) >= 11 is 3.44. The Bertz CT molecular complexity index is 1060. The summed E-state index contributed by atoms with van der Waals surface area (Å²) in [7, 11) is 3.12. The molecule has 36 heavy (non-hydrogen) atoms. The maximum Gasteiger partial charge on any atom is 0.414 e. The van der Waals surface area contributed by atoms with Crippen molar-refractivity contribution in [2.45, 2.75) is 32.2 Å². The zero-order chi connectivity index (χ0) is 26.1. The van der Waals surface area contributed by atoms with Crippen LogP contribution in [0.1, 0.15) is 36.5 Å². The van der Waals surface area contributed by atoms with Crippen LogP contribution in [0.3, 0.4) is 0 Å². The van der Waals surface area contributed by atoms with Crippen LogP contribution in [-0.4, -0.2) is 57.4 Å². The zero-order valence-corrected chi connectivity index (χ0v) is 22.6. The number of fused-ring (bicyclic) bond motifs is 1. The molecule has 0 fully saturated rings. The molecule has 1 atom stereocenters. The molecule has 0 spiro atoms. The van der Waals surface area contributed by atoms with E-state index in [9.17, 15) is 9.59 Å². The first-order chi connectivity index (χ1) is 17.4. The largest absolute Gasteiger partial charge is 0.497 e. The fourth-order valence-corrected chi connectivity index (χ4v) is 4.44. The van der Waals surface area contributed by atoms with Gasteiger partial charge in [-0.25, -0.2) is 4.79 Å². The number of hydrogen-bond acceptors (Lipinski definition) is 6. The van der Waals surface area contributed by atoms with Crippen molar-refractivity contribution < 1.29 is 28.5 Å². The molecule has 0 aliphatic carbocycles. The van der Waals surface area contributed by atoms with Crippen LogP contribution in [0.25, 0.3) is 0 Å². The number of halogens is 1. The number of nitrogens with zero attached hydrogens (tertiary/aromatic N) is 2. The molecule has 3 rings (SSSR count). The minimum absolute atomic E-state index is 0.0578. The summed E-state index contributed by atoms with van der Waals surface area (Å²) in [6.07, 6.45) is 3.88. The summed E-state index contributed by atoms with van der Waals surface area (Å²) in [5.74, 6) is 1.31. The number of ether oxygens (including phenoxy) is 4. The van der Waals surface area contributed by atoms with Crippen molar-refractivity contribution in [1.29, 1.82) is 0 Å². The van der Waals surface area contributed by atoms with E-state index in [4.69, 9.17) is 18.9 Å². The van der Waals surface area contributed by atoms with Crippen LogP contribution < -0.4 is 24.0 Å². The Labute approximate surface area is 220 Å². The average Bonchev–Trinajstić information content (AvgIpc) is 3.00. The Morgan fingerprint density at radius 3 is 2.50 bits per heavy atom. The first-order valence-corrected chi connectivity index (χ1v) is 13.0. The van der Waals surface area contributed by atoms with Gasteiger partial charge in [0.15, 0.2) is 11.5 Å².